The monoisotopic (exact) mass is 328 g/mol. The predicted octanol–water partition coefficient (Wildman–Crippen LogP) is 5.16. The average Bonchev–Trinajstić information content (AvgIpc) is 2.41. The Hall–Kier alpha value is -0.700. The zero-order chi connectivity index (χ0) is 13.9. The molecule has 1 aromatic carbocycles. The maximum absolute atomic E-state index is 9.67. The molecule has 0 aliphatic carbocycles. The van der Waals surface area contributed by atoms with Gasteiger partial charge in [0.1, 0.15) is 0 Å². The Labute approximate surface area is 125 Å². The van der Waals surface area contributed by atoms with Gasteiger partial charge in [0.25, 0.3) is 0 Å². The minimum Gasteiger partial charge on any atom is -0.504 e. The lowest BCUT2D eigenvalue weighted by atomic mass is 10.0. The van der Waals surface area contributed by atoms with Gasteiger partial charge in [0.2, 0.25) is 0 Å². The first-order valence-electron chi connectivity index (χ1n) is 7.31. The summed E-state index contributed by atoms with van der Waals surface area (Å²) in [5.41, 5.74) is 0.859. The van der Waals surface area contributed by atoms with E-state index in [2.05, 4.69) is 15.9 Å². The number of halogens is 1. The first-order chi connectivity index (χ1) is 9.25. The quantitative estimate of drug-likeness (QED) is 0.354. The summed E-state index contributed by atoms with van der Waals surface area (Å²) in [5, 5.41) is 20.2. The number of aryl methyl sites for hydroxylation is 1. The largest absolute Gasteiger partial charge is 0.504 e. The maximum Gasteiger partial charge on any atom is 0.160 e. The van der Waals surface area contributed by atoms with Crippen LogP contribution in [0.4, 0.5) is 0 Å². The summed E-state index contributed by atoms with van der Waals surface area (Å²) in [6, 6.07) is 5.19. The van der Waals surface area contributed by atoms with E-state index in [1.54, 1.807) is 6.07 Å². The number of benzene rings is 1. The molecule has 1 rings (SSSR count). The highest BCUT2D eigenvalue weighted by molar-refractivity contribution is 9.09. The Kier molecular flexibility index (Phi) is 8.72. The van der Waals surface area contributed by atoms with Crippen molar-refractivity contribution in [2.45, 2.75) is 57.8 Å². The summed E-state index contributed by atoms with van der Waals surface area (Å²) in [6.45, 7) is 0. The molecule has 0 atom stereocenters. The number of para-hydroxylation sites is 1. The zero-order valence-corrected chi connectivity index (χ0v) is 13.2. The molecule has 0 bridgehead atoms. The van der Waals surface area contributed by atoms with Gasteiger partial charge in [-0.3, -0.25) is 0 Å². The average molecular weight is 329 g/mol. The number of phenols is 2. The minimum atomic E-state index is -0.00992. The molecule has 0 aromatic heterocycles. The Bertz CT molecular complexity index is 353. The smallest absolute Gasteiger partial charge is 0.160 e. The Morgan fingerprint density at radius 3 is 2.00 bits per heavy atom. The van der Waals surface area contributed by atoms with Crippen LogP contribution in [0.1, 0.15) is 56.9 Å². The van der Waals surface area contributed by atoms with Crippen LogP contribution < -0.4 is 0 Å². The van der Waals surface area contributed by atoms with E-state index in [-0.39, 0.29) is 11.5 Å². The number of aromatic hydroxyl groups is 2. The van der Waals surface area contributed by atoms with Crippen LogP contribution in [0.2, 0.25) is 0 Å². The molecule has 2 N–H and O–H groups in total. The third-order valence-electron chi connectivity index (χ3n) is 3.43. The fraction of sp³-hybridized carbons (Fsp3) is 0.625. The molecule has 0 radical (unpaired) electrons. The van der Waals surface area contributed by atoms with E-state index in [4.69, 9.17) is 0 Å². The molecular formula is C16H25BrO2. The number of hydrogen-bond donors (Lipinski definition) is 2. The highest BCUT2D eigenvalue weighted by Crippen LogP contribution is 2.29. The molecule has 0 unspecified atom stereocenters. The molecule has 0 aliphatic heterocycles. The lowest BCUT2D eigenvalue weighted by molar-refractivity contribution is 0.398. The fourth-order valence-corrected chi connectivity index (χ4v) is 2.65. The van der Waals surface area contributed by atoms with Crippen molar-refractivity contribution in [2.75, 3.05) is 5.33 Å². The molecule has 0 spiro atoms. The molecule has 0 heterocycles. The molecule has 0 saturated carbocycles. The number of rotatable bonds is 10. The topological polar surface area (TPSA) is 40.5 Å². The van der Waals surface area contributed by atoms with Crippen LogP contribution in [0, 0.1) is 0 Å². The third kappa shape index (κ3) is 6.86. The highest BCUT2D eigenvalue weighted by Gasteiger charge is 2.04. The van der Waals surface area contributed by atoms with E-state index < -0.39 is 0 Å². The van der Waals surface area contributed by atoms with Gasteiger partial charge in [-0.2, -0.15) is 0 Å². The normalized spacial score (nSPS) is 10.8. The van der Waals surface area contributed by atoms with Crippen molar-refractivity contribution >= 4 is 15.9 Å². The molecule has 2 nitrogen and oxygen atoms in total. The maximum atomic E-state index is 9.67. The lowest BCUT2D eigenvalue weighted by Gasteiger charge is -2.06. The summed E-state index contributed by atoms with van der Waals surface area (Å²) in [4.78, 5) is 0. The summed E-state index contributed by atoms with van der Waals surface area (Å²) in [6.07, 6.45) is 11.0. The summed E-state index contributed by atoms with van der Waals surface area (Å²) >= 11 is 3.45. The SMILES string of the molecule is Oc1cccc(CCCCCCCCCCBr)c1O. The van der Waals surface area contributed by atoms with Crippen molar-refractivity contribution < 1.29 is 10.2 Å². The minimum absolute atomic E-state index is 0.00992. The second-order valence-corrected chi connectivity index (χ2v) is 5.85. The van der Waals surface area contributed by atoms with E-state index in [1.165, 1.54) is 51.0 Å². The van der Waals surface area contributed by atoms with Crippen LogP contribution in [0.15, 0.2) is 18.2 Å². The van der Waals surface area contributed by atoms with E-state index in [9.17, 15) is 10.2 Å². The van der Waals surface area contributed by atoms with Gasteiger partial charge in [-0.1, -0.05) is 66.6 Å². The van der Waals surface area contributed by atoms with Crippen molar-refractivity contribution in [1.29, 1.82) is 0 Å². The van der Waals surface area contributed by atoms with Gasteiger partial charge in [0, 0.05) is 5.33 Å². The van der Waals surface area contributed by atoms with Crippen LogP contribution in [0.5, 0.6) is 11.5 Å². The van der Waals surface area contributed by atoms with E-state index in [0.29, 0.717) is 0 Å². The van der Waals surface area contributed by atoms with Crippen LogP contribution >= 0.6 is 15.9 Å². The molecule has 0 saturated heterocycles. The molecule has 0 aliphatic rings. The van der Waals surface area contributed by atoms with Crippen LogP contribution in [-0.4, -0.2) is 15.5 Å². The molecule has 108 valence electrons. The van der Waals surface area contributed by atoms with Gasteiger partial charge in [-0.15, -0.1) is 0 Å². The van der Waals surface area contributed by atoms with Gasteiger partial charge in [-0.05, 0) is 30.9 Å². The molecule has 0 amide bonds. The van der Waals surface area contributed by atoms with Crippen LogP contribution in [0.3, 0.4) is 0 Å². The molecule has 19 heavy (non-hydrogen) atoms. The number of unbranched alkanes of at least 4 members (excludes halogenated alkanes) is 7. The molecule has 1 aromatic rings. The molecule has 0 fully saturated rings. The van der Waals surface area contributed by atoms with E-state index >= 15 is 0 Å². The van der Waals surface area contributed by atoms with Crippen molar-refractivity contribution in [2.24, 2.45) is 0 Å². The first kappa shape index (κ1) is 16.4. The first-order valence-corrected chi connectivity index (χ1v) is 8.43. The third-order valence-corrected chi connectivity index (χ3v) is 3.99. The predicted molar refractivity (Wildman–Crippen MR) is 84.2 cm³/mol. The second kappa shape index (κ2) is 10.1. The van der Waals surface area contributed by atoms with E-state index in [0.717, 1.165) is 23.7 Å². The number of phenolic OH excluding ortho intramolecular Hbond substituents is 2. The van der Waals surface area contributed by atoms with Crippen LogP contribution in [0.25, 0.3) is 0 Å². The number of alkyl halides is 1. The van der Waals surface area contributed by atoms with Crippen LogP contribution in [-0.2, 0) is 6.42 Å². The van der Waals surface area contributed by atoms with Crippen molar-refractivity contribution in [3.63, 3.8) is 0 Å². The Balaban J connectivity index is 2.03. The van der Waals surface area contributed by atoms with Crippen molar-refractivity contribution in [1.82, 2.24) is 0 Å². The van der Waals surface area contributed by atoms with Crippen molar-refractivity contribution in [3.05, 3.63) is 23.8 Å². The standard InChI is InChI=1S/C16H25BrO2/c17-13-8-6-4-2-1-3-5-7-10-14-11-9-12-15(18)16(14)19/h9,11-12,18-19H,1-8,10,13H2. The Morgan fingerprint density at radius 1 is 0.789 bits per heavy atom. The fourth-order valence-electron chi connectivity index (χ4n) is 2.25. The van der Waals surface area contributed by atoms with Gasteiger partial charge >= 0.3 is 0 Å². The number of hydrogen-bond acceptors (Lipinski definition) is 2. The van der Waals surface area contributed by atoms with E-state index in [1.807, 2.05) is 6.07 Å². The summed E-state index contributed by atoms with van der Waals surface area (Å²) in [7, 11) is 0. The van der Waals surface area contributed by atoms with Gasteiger partial charge in [0.15, 0.2) is 11.5 Å². The van der Waals surface area contributed by atoms with Gasteiger partial charge in [0.05, 0.1) is 0 Å². The Morgan fingerprint density at radius 2 is 1.37 bits per heavy atom. The zero-order valence-electron chi connectivity index (χ0n) is 11.6. The highest BCUT2D eigenvalue weighted by atomic mass is 79.9. The van der Waals surface area contributed by atoms with Gasteiger partial charge in [-0.25, -0.2) is 0 Å². The molecular weight excluding hydrogens is 304 g/mol. The van der Waals surface area contributed by atoms with Gasteiger partial charge < -0.3 is 10.2 Å². The van der Waals surface area contributed by atoms with Crippen molar-refractivity contribution in [3.8, 4) is 11.5 Å². The molecule has 3 heteroatoms. The summed E-state index contributed by atoms with van der Waals surface area (Å²) < 4.78 is 0. The lowest BCUT2D eigenvalue weighted by Crippen LogP contribution is -1.88. The second-order valence-electron chi connectivity index (χ2n) is 5.05. The summed E-state index contributed by atoms with van der Waals surface area (Å²) in [5.74, 6) is 0.0431.